The molecule has 4 heteroatoms. The molecule has 10 atom stereocenters. The van der Waals surface area contributed by atoms with Gasteiger partial charge in [0.15, 0.2) is 0 Å². The van der Waals surface area contributed by atoms with Crippen LogP contribution in [0, 0.1) is 40.4 Å². The average molecular weight is 381 g/mol. The highest BCUT2D eigenvalue weighted by atomic mass is 19.1. The largest absolute Gasteiger partial charge is 0.394 e. The molecule has 4 rings (SSSR count). The third-order valence-electron chi connectivity index (χ3n) is 9.95. The van der Waals surface area contributed by atoms with E-state index in [2.05, 4.69) is 27.4 Å². The SMILES string of the molecule is C=C1CC2(O)CCCC(C)[C@]2(C)[C@@H]2CC[C@]3(C)C(C(O)CO)C(F)C[C@H]3[C@H]12. The predicted octanol–water partition coefficient (Wildman–Crippen LogP) is 3.86. The number of rotatable bonds is 2. The van der Waals surface area contributed by atoms with Crippen molar-refractivity contribution < 1.29 is 19.7 Å². The molecule has 4 aliphatic carbocycles. The van der Waals surface area contributed by atoms with Gasteiger partial charge in [-0.05, 0) is 67.6 Å². The number of halogens is 1. The maximum absolute atomic E-state index is 15.1. The zero-order valence-corrected chi connectivity index (χ0v) is 17.1. The number of hydrogen-bond acceptors (Lipinski definition) is 3. The Morgan fingerprint density at radius 2 is 1.93 bits per heavy atom. The summed E-state index contributed by atoms with van der Waals surface area (Å²) < 4.78 is 15.1. The maximum atomic E-state index is 15.1. The predicted molar refractivity (Wildman–Crippen MR) is 104 cm³/mol. The molecule has 4 fully saturated rings. The monoisotopic (exact) mass is 380 g/mol. The lowest BCUT2D eigenvalue weighted by molar-refractivity contribution is -0.209. The molecule has 0 heterocycles. The Bertz CT molecular complexity index is 623. The summed E-state index contributed by atoms with van der Waals surface area (Å²) in [5, 5.41) is 31.5. The first-order chi connectivity index (χ1) is 12.6. The van der Waals surface area contributed by atoms with Crippen LogP contribution in [0.1, 0.15) is 65.7 Å². The van der Waals surface area contributed by atoms with Crippen LogP contribution in [0.3, 0.4) is 0 Å². The van der Waals surface area contributed by atoms with E-state index < -0.39 is 23.8 Å². The maximum Gasteiger partial charge on any atom is 0.106 e. The first-order valence-corrected chi connectivity index (χ1v) is 10.9. The van der Waals surface area contributed by atoms with Gasteiger partial charge in [0.1, 0.15) is 6.17 Å². The van der Waals surface area contributed by atoms with Crippen molar-refractivity contribution in [1.29, 1.82) is 0 Å². The Morgan fingerprint density at radius 3 is 2.59 bits per heavy atom. The Kier molecular flexibility index (Phi) is 4.61. The van der Waals surface area contributed by atoms with Gasteiger partial charge in [-0.2, -0.15) is 0 Å². The summed E-state index contributed by atoms with van der Waals surface area (Å²) >= 11 is 0. The summed E-state index contributed by atoms with van der Waals surface area (Å²) in [6.07, 6.45) is 3.86. The van der Waals surface area contributed by atoms with E-state index >= 15 is 4.39 Å². The van der Waals surface area contributed by atoms with Crippen LogP contribution in [0.15, 0.2) is 12.2 Å². The molecule has 3 nitrogen and oxygen atoms in total. The molecule has 4 saturated carbocycles. The van der Waals surface area contributed by atoms with E-state index in [0.717, 1.165) is 37.7 Å². The Balaban J connectivity index is 1.74. The van der Waals surface area contributed by atoms with E-state index in [4.69, 9.17) is 0 Å². The summed E-state index contributed by atoms with van der Waals surface area (Å²) in [6, 6.07) is 0. The van der Waals surface area contributed by atoms with Gasteiger partial charge < -0.3 is 15.3 Å². The van der Waals surface area contributed by atoms with Crippen LogP contribution in [0.2, 0.25) is 0 Å². The molecule has 0 bridgehead atoms. The first-order valence-electron chi connectivity index (χ1n) is 10.9. The van der Waals surface area contributed by atoms with Crippen LogP contribution >= 0.6 is 0 Å². The van der Waals surface area contributed by atoms with Crippen LogP contribution < -0.4 is 0 Å². The highest BCUT2D eigenvalue weighted by Crippen LogP contribution is 2.70. The lowest BCUT2D eigenvalue weighted by atomic mass is 9.40. The van der Waals surface area contributed by atoms with Crippen molar-refractivity contribution in [3.8, 4) is 0 Å². The van der Waals surface area contributed by atoms with Crippen molar-refractivity contribution in [2.45, 2.75) is 83.6 Å². The molecule has 4 aliphatic rings. The van der Waals surface area contributed by atoms with Gasteiger partial charge in [0.25, 0.3) is 0 Å². The smallest absolute Gasteiger partial charge is 0.106 e. The number of aliphatic hydroxyl groups excluding tert-OH is 2. The molecule has 0 aromatic heterocycles. The molecule has 0 aromatic carbocycles. The summed E-state index contributed by atoms with van der Waals surface area (Å²) in [6.45, 7) is 10.7. The molecular weight excluding hydrogens is 343 g/mol. The normalized spacial score (nSPS) is 56.2. The van der Waals surface area contributed by atoms with Crippen molar-refractivity contribution in [3.05, 3.63) is 12.2 Å². The van der Waals surface area contributed by atoms with Crippen LogP contribution in [0.4, 0.5) is 4.39 Å². The topological polar surface area (TPSA) is 60.7 Å². The van der Waals surface area contributed by atoms with Gasteiger partial charge in [-0.1, -0.05) is 39.3 Å². The minimum absolute atomic E-state index is 0.139. The minimum Gasteiger partial charge on any atom is -0.394 e. The highest BCUT2D eigenvalue weighted by molar-refractivity contribution is 5.26. The fraction of sp³-hybridized carbons (Fsp3) is 0.913. The summed E-state index contributed by atoms with van der Waals surface area (Å²) in [5.74, 6) is 0.625. The molecule has 0 aromatic rings. The molecule has 0 saturated heterocycles. The van der Waals surface area contributed by atoms with Gasteiger partial charge in [-0.3, -0.25) is 0 Å². The van der Waals surface area contributed by atoms with E-state index in [9.17, 15) is 15.3 Å². The highest BCUT2D eigenvalue weighted by Gasteiger charge is 2.68. The Hall–Kier alpha value is -0.450. The van der Waals surface area contributed by atoms with Gasteiger partial charge >= 0.3 is 0 Å². The first kappa shape index (κ1) is 19.8. The number of alkyl halides is 1. The Morgan fingerprint density at radius 1 is 1.22 bits per heavy atom. The number of aliphatic hydroxyl groups is 3. The van der Waals surface area contributed by atoms with E-state index in [1.165, 1.54) is 0 Å². The zero-order chi connectivity index (χ0) is 19.8. The number of fused-ring (bicyclic) bond motifs is 5. The molecule has 3 N–H and O–H groups in total. The molecule has 5 unspecified atom stereocenters. The average Bonchev–Trinajstić information content (AvgIpc) is 2.87. The van der Waals surface area contributed by atoms with Crippen molar-refractivity contribution in [1.82, 2.24) is 0 Å². The second-order valence-corrected chi connectivity index (χ2v) is 10.8. The molecule has 0 amide bonds. The fourth-order valence-corrected chi connectivity index (χ4v) is 8.40. The minimum atomic E-state index is -1.08. The lowest BCUT2D eigenvalue weighted by Crippen LogP contribution is -2.64. The number of hydrogen-bond donors (Lipinski definition) is 3. The second-order valence-electron chi connectivity index (χ2n) is 10.8. The molecule has 0 spiro atoms. The van der Waals surface area contributed by atoms with E-state index in [1.54, 1.807) is 0 Å². The molecule has 0 aliphatic heterocycles. The molecule has 154 valence electrons. The molecule has 0 radical (unpaired) electrons. The van der Waals surface area contributed by atoms with Crippen molar-refractivity contribution in [2.24, 2.45) is 40.4 Å². The van der Waals surface area contributed by atoms with Crippen LogP contribution in [0.25, 0.3) is 0 Å². The molecular formula is C23H37FO3. The quantitative estimate of drug-likeness (QED) is 0.638. The summed E-state index contributed by atoms with van der Waals surface area (Å²) in [5.41, 5.74) is -0.0572. The zero-order valence-electron chi connectivity index (χ0n) is 17.1. The van der Waals surface area contributed by atoms with Gasteiger partial charge in [-0.25, -0.2) is 4.39 Å². The third kappa shape index (κ3) is 2.42. The standard InChI is InChI=1S/C23H37FO3/c1-13-11-23(27)8-5-6-14(2)22(23,4)15-7-9-21(3)16(19(13)15)10-17(24)20(21)18(26)12-25/h14-20,25-27H,1,5-12H2,2-4H3/t14?,15-,16+,17?,18?,19-,20?,21+,22-,23?/m1/s1. The van der Waals surface area contributed by atoms with Gasteiger partial charge in [0, 0.05) is 11.3 Å². The second kappa shape index (κ2) is 6.27. The van der Waals surface area contributed by atoms with E-state index in [1.807, 2.05) is 0 Å². The van der Waals surface area contributed by atoms with Crippen molar-refractivity contribution in [3.63, 3.8) is 0 Å². The van der Waals surface area contributed by atoms with Crippen molar-refractivity contribution in [2.75, 3.05) is 6.61 Å². The lowest BCUT2D eigenvalue weighted by Gasteiger charge is -2.66. The molecule has 27 heavy (non-hydrogen) atoms. The van der Waals surface area contributed by atoms with E-state index in [-0.39, 0.29) is 29.3 Å². The van der Waals surface area contributed by atoms with Gasteiger partial charge in [-0.15, -0.1) is 0 Å². The Labute approximate surface area is 163 Å². The van der Waals surface area contributed by atoms with Gasteiger partial charge in [0.2, 0.25) is 0 Å². The van der Waals surface area contributed by atoms with Gasteiger partial charge in [0.05, 0.1) is 18.3 Å². The van der Waals surface area contributed by atoms with Crippen molar-refractivity contribution >= 4 is 0 Å². The third-order valence-corrected chi connectivity index (χ3v) is 9.95. The summed E-state index contributed by atoms with van der Waals surface area (Å²) in [7, 11) is 0. The van der Waals surface area contributed by atoms with E-state index in [0.29, 0.717) is 24.7 Å². The summed E-state index contributed by atoms with van der Waals surface area (Å²) in [4.78, 5) is 0. The van der Waals surface area contributed by atoms with Crippen LogP contribution in [0.5, 0.6) is 0 Å². The van der Waals surface area contributed by atoms with Crippen LogP contribution in [-0.4, -0.2) is 39.8 Å². The van der Waals surface area contributed by atoms with Crippen LogP contribution in [-0.2, 0) is 0 Å². The fourth-order valence-electron chi connectivity index (χ4n) is 8.40.